The summed E-state index contributed by atoms with van der Waals surface area (Å²) in [6, 6.07) is 2.14. The molecule has 0 amide bonds. The Bertz CT molecular complexity index is 422. The lowest BCUT2D eigenvalue weighted by molar-refractivity contribution is -0.137. The number of anilines is 1. The summed E-state index contributed by atoms with van der Waals surface area (Å²) in [4.78, 5) is 21.6. The highest BCUT2D eigenvalue weighted by Gasteiger charge is 2.24. The van der Waals surface area contributed by atoms with Crippen molar-refractivity contribution in [2.45, 2.75) is 45.1 Å². The van der Waals surface area contributed by atoms with E-state index in [1.807, 2.05) is 13.0 Å². The molecule has 0 aromatic carbocycles. The Morgan fingerprint density at radius 3 is 3.11 bits per heavy atom. The molecule has 1 aromatic heterocycles. The summed E-state index contributed by atoms with van der Waals surface area (Å²) in [5.74, 6) is 0.00997. The fourth-order valence-corrected chi connectivity index (χ4v) is 2.43. The third-order valence-electron chi connectivity index (χ3n) is 3.36. The van der Waals surface area contributed by atoms with Crippen molar-refractivity contribution in [3.63, 3.8) is 0 Å². The second-order valence-corrected chi connectivity index (χ2v) is 4.77. The van der Waals surface area contributed by atoms with Gasteiger partial charge in [0.15, 0.2) is 0 Å². The van der Waals surface area contributed by atoms with Gasteiger partial charge < -0.3 is 10.0 Å². The van der Waals surface area contributed by atoms with Gasteiger partial charge in [0.1, 0.15) is 0 Å². The molecule has 1 unspecified atom stereocenters. The highest BCUT2D eigenvalue weighted by molar-refractivity contribution is 5.66. The van der Waals surface area contributed by atoms with E-state index in [2.05, 4.69) is 14.9 Å². The van der Waals surface area contributed by atoms with Gasteiger partial charge in [-0.25, -0.2) is 9.97 Å². The van der Waals surface area contributed by atoms with E-state index in [4.69, 9.17) is 5.11 Å². The Balaban J connectivity index is 2.09. The first-order valence-electron chi connectivity index (χ1n) is 6.45. The van der Waals surface area contributed by atoms with E-state index in [9.17, 15) is 4.79 Å². The van der Waals surface area contributed by atoms with Crippen LogP contribution in [0.15, 0.2) is 12.3 Å². The van der Waals surface area contributed by atoms with Crippen LogP contribution in [0, 0.1) is 6.92 Å². The van der Waals surface area contributed by atoms with Crippen molar-refractivity contribution in [1.82, 2.24) is 9.97 Å². The number of carboxylic acids is 1. The minimum absolute atomic E-state index is 0.215. The van der Waals surface area contributed by atoms with E-state index in [1.54, 1.807) is 6.20 Å². The maximum atomic E-state index is 10.7. The molecule has 1 aromatic rings. The predicted octanol–water partition coefficient (Wildman–Crippen LogP) is 2.01. The predicted molar refractivity (Wildman–Crippen MR) is 68.6 cm³/mol. The Hall–Kier alpha value is -1.65. The molecule has 0 bridgehead atoms. The van der Waals surface area contributed by atoms with Crippen LogP contribution in [0.25, 0.3) is 0 Å². The number of piperidine rings is 1. The zero-order valence-electron chi connectivity index (χ0n) is 10.7. The maximum absolute atomic E-state index is 10.7. The van der Waals surface area contributed by atoms with E-state index in [0.29, 0.717) is 6.42 Å². The minimum Gasteiger partial charge on any atom is -0.481 e. The van der Waals surface area contributed by atoms with Gasteiger partial charge in [-0.1, -0.05) is 0 Å². The highest BCUT2D eigenvalue weighted by Crippen LogP contribution is 2.24. The lowest BCUT2D eigenvalue weighted by atomic mass is 9.98. The van der Waals surface area contributed by atoms with Crippen molar-refractivity contribution in [1.29, 1.82) is 0 Å². The Morgan fingerprint density at radius 1 is 1.56 bits per heavy atom. The number of aryl methyl sites for hydroxylation is 1. The third kappa shape index (κ3) is 3.18. The number of hydrogen-bond acceptors (Lipinski definition) is 4. The molecule has 0 radical (unpaired) electrons. The van der Waals surface area contributed by atoms with E-state index in [0.717, 1.165) is 37.4 Å². The molecule has 0 aliphatic carbocycles. The quantitative estimate of drug-likeness (QED) is 0.884. The SMILES string of the molecule is Cc1ccnc(N2CCCCC2CCC(=O)O)n1. The maximum Gasteiger partial charge on any atom is 0.303 e. The number of aliphatic carboxylic acids is 1. The average molecular weight is 249 g/mol. The molecule has 1 aliphatic heterocycles. The smallest absolute Gasteiger partial charge is 0.303 e. The molecular weight excluding hydrogens is 230 g/mol. The molecule has 2 rings (SSSR count). The van der Waals surface area contributed by atoms with Gasteiger partial charge in [-0.15, -0.1) is 0 Å². The molecule has 0 spiro atoms. The van der Waals surface area contributed by atoms with Gasteiger partial charge in [0, 0.05) is 30.9 Å². The standard InChI is InChI=1S/C13H19N3O2/c1-10-7-8-14-13(15-10)16-9-3-2-4-11(16)5-6-12(17)18/h7-8,11H,2-6,9H2,1H3,(H,17,18). The number of carbonyl (C=O) groups is 1. The summed E-state index contributed by atoms with van der Waals surface area (Å²) in [5.41, 5.74) is 0.947. The largest absolute Gasteiger partial charge is 0.481 e. The highest BCUT2D eigenvalue weighted by atomic mass is 16.4. The van der Waals surface area contributed by atoms with Crippen LogP contribution in [-0.4, -0.2) is 33.6 Å². The molecule has 18 heavy (non-hydrogen) atoms. The van der Waals surface area contributed by atoms with Crippen LogP contribution in [0.3, 0.4) is 0 Å². The average Bonchev–Trinajstić information content (AvgIpc) is 2.36. The van der Waals surface area contributed by atoms with Gasteiger partial charge >= 0.3 is 5.97 Å². The second-order valence-electron chi connectivity index (χ2n) is 4.77. The van der Waals surface area contributed by atoms with Crippen molar-refractivity contribution >= 4 is 11.9 Å². The van der Waals surface area contributed by atoms with Crippen molar-refractivity contribution < 1.29 is 9.90 Å². The fourth-order valence-electron chi connectivity index (χ4n) is 2.43. The number of aromatic nitrogens is 2. The van der Waals surface area contributed by atoms with E-state index in [1.165, 1.54) is 0 Å². The normalized spacial score (nSPS) is 19.8. The minimum atomic E-state index is -0.731. The van der Waals surface area contributed by atoms with Gasteiger partial charge in [0.05, 0.1) is 0 Å². The summed E-state index contributed by atoms with van der Waals surface area (Å²) in [6.07, 6.45) is 5.97. The molecule has 1 N–H and O–H groups in total. The van der Waals surface area contributed by atoms with Crippen molar-refractivity contribution in [2.75, 3.05) is 11.4 Å². The van der Waals surface area contributed by atoms with Crippen LogP contribution in [0.2, 0.25) is 0 Å². The number of rotatable bonds is 4. The fraction of sp³-hybridized carbons (Fsp3) is 0.615. The van der Waals surface area contributed by atoms with E-state index < -0.39 is 5.97 Å². The van der Waals surface area contributed by atoms with Crippen LogP contribution in [0.5, 0.6) is 0 Å². The summed E-state index contributed by atoms with van der Waals surface area (Å²) in [7, 11) is 0. The Kier molecular flexibility index (Phi) is 4.12. The first-order valence-corrected chi connectivity index (χ1v) is 6.45. The Morgan fingerprint density at radius 2 is 2.39 bits per heavy atom. The van der Waals surface area contributed by atoms with Gasteiger partial charge in [-0.3, -0.25) is 4.79 Å². The van der Waals surface area contributed by atoms with Crippen molar-refractivity contribution in [3.05, 3.63) is 18.0 Å². The van der Waals surface area contributed by atoms with Gasteiger partial charge in [0.25, 0.3) is 0 Å². The molecule has 0 saturated carbocycles. The van der Waals surface area contributed by atoms with Crippen LogP contribution in [0.1, 0.15) is 37.8 Å². The first kappa shape index (κ1) is 12.8. The molecule has 2 heterocycles. The van der Waals surface area contributed by atoms with E-state index >= 15 is 0 Å². The van der Waals surface area contributed by atoms with Crippen LogP contribution in [0.4, 0.5) is 5.95 Å². The third-order valence-corrected chi connectivity index (χ3v) is 3.36. The lowest BCUT2D eigenvalue weighted by Crippen LogP contribution is -2.41. The first-order chi connectivity index (χ1) is 8.66. The molecule has 1 atom stereocenters. The van der Waals surface area contributed by atoms with Crippen LogP contribution in [-0.2, 0) is 4.79 Å². The number of hydrogen-bond donors (Lipinski definition) is 1. The molecule has 1 fully saturated rings. The van der Waals surface area contributed by atoms with E-state index in [-0.39, 0.29) is 12.5 Å². The number of carboxylic acid groups (broad SMARTS) is 1. The summed E-state index contributed by atoms with van der Waals surface area (Å²) in [6.45, 7) is 2.87. The monoisotopic (exact) mass is 249 g/mol. The molecule has 98 valence electrons. The molecule has 1 saturated heterocycles. The summed E-state index contributed by atoms with van der Waals surface area (Å²) < 4.78 is 0. The number of nitrogens with zero attached hydrogens (tertiary/aromatic N) is 3. The lowest BCUT2D eigenvalue weighted by Gasteiger charge is -2.35. The van der Waals surface area contributed by atoms with Crippen LogP contribution >= 0.6 is 0 Å². The zero-order valence-corrected chi connectivity index (χ0v) is 10.7. The van der Waals surface area contributed by atoms with Crippen LogP contribution < -0.4 is 4.90 Å². The molecular formula is C13H19N3O2. The van der Waals surface area contributed by atoms with Crippen molar-refractivity contribution in [3.8, 4) is 0 Å². The Labute approximate surface area is 107 Å². The summed E-state index contributed by atoms with van der Waals surface area (Å²) in [5, 5.41) is 8.80. The zero-order chi connectivity index (χ0) is 13.0. The summed E-state index contributed by atoms with van der Waals surface area (Å²) >= 11 is 0. The van der Waals surface area contributed by atoms with Gasteiger partial charge in [-0.2, -0.15) is 0 Å². The van der Waals surface area contributed by atoms with Gasteiger partial charge in [-0.05, 0) is 38.7 Å². The topological polar surface area (TPSA) is 66.3 Å². The van der Waals surface area contributed by atoms with Gasteiger partial charge in [0.2, 0.25) is 5.95 Å². The molecule has 1 aliphatic rings. The van der Waals surface area contributed by atoms with Crippen molar-refractivity contribution in [2.24, 2.45) is 0 Å². The molecule has 5 heteroatoms. The molecule has 5 nitrogen and oxygen atoms in total. The second kappa shape index (κ2) is 5.80.